The summed E-state index contributed by atoms with van der Waals surface area (Å²) in [4.78, 5) is 22.4. The first kappa shape index (κ1) is 13.0. The molecule has 0 aliphatic rings. The number of esters is 1. The number of nitrogens with zero attached hydrogens (tertiary/aromatic N) is 1. The summed E-state index contributed by atoms with van der Waals surface area (Å²) < 4.78 is 4.92. The van der Waals surface area contributed by atoms with Gasteiger partial charge in [-0.15, -0.1) is 11.6 Å². The van der Waals surface area contributed by atoms with Crippen molar-refractivity contribution in [1.29, 1.82) is 0 Å². The molecule has 0 aromatic heterocycles. The molecule has 6 heteroatoms. The second-order valence-electron chi connectivity index (χ2n) is 3.69. The first-order valence-electron chi connectivity index (χ1n) is 4.02. The van der Waals surface area contributed by atoms with Crippen LogP contribution in [0.15, 0.2) is 0 Å². The van der Waals surface area contributed by atoms with Gasteiger partial charge in [0.05, 0.1) is 6.00 Å². The van der Waals surface area contributed by atoms with Crippen molar-refractivity contribution in [2.24, 2.45) is 0 Å². The van der Waals surface area contributed by atoms with Gasteiger partial charge in [0.15, 0.2) is 0 Å². The molecule has 0 aromatic carbocycles. The molecule has 1 N–H and O–H groups in total. The summed E-state index contributed by atoms with van der Waals surface area (Å²) in [5.41, 5.74) is -0.617. The first-order chi connectivity index (χ1) is 6.26. The molecule has 0 saturated carbocycles. The van der Waals surface area contributed by atoms with E-state index in [4.69, 9.17) is 21.4 Å². The van der Waals surface area contributed by atoms with Crippen molar-refractivity contribution in [3.05, 3.63) is 0 Å². The second-order valence-corrected chi connectivity index (χ2v) is 3.93. The first-order valence-corrected chi connectivity index (χ1v) is 4.55. The highest BCUT2D eigenvalue weighted by Gasteiger charge is 2.20. The normalized spacial score (nSPS) is 10.9. The molecule has 0 aromatic rings. The van der Waals surface area contributed by atoms with Gasteiger partial charge in [0, 0.05) is 0 Å². The lowest BCUT2D eigenvalue weighted by Crippen LogP contribution is -2.37. The summed E-state index contributed by atoms with van der Waals surface area (Å²) in [6, 6.07) is -0.255. The van der Waals surface area contributed by atoms with Gasteiger partial charge in [-0.1, -0.05) is 0 Å². The molecule has 82 valence electrons. The van der Waals surface area contributed by atoms with Crippen molar-refractivity contribution in [1.82, 2.24) is 4.90 Å². The van der Waals surface area contributed by atoms with E-state index < -0.39 is 17.7 Å². The fourth-order valence-electron chi connectivity index (χ4n) is 0.691. The average Bonchev–Trinajstić information content (AvgIpc) is 1.96. The Morgan fingerprint density at radius 1 is 1.43 bits per heavy atom. The summed E-state index contributed by atoms with van der Waals surface area (Å²) in [5.74, 6) is -0.611. The van der Waals surface area contributed by atoms with Crippen molar-refractivity contribution in [2.75, 3.05) is 12.5 Å². The molecule has 0 spiro atoms. The number of ether oxygens (including phenoxy) is 1. The van der Waals surface area contributed by atoms with Gasteiger partial charge in [-0.3, -0.25) is 9.69 Å². The van der Waals surface area contributed by atoms with Gasteiger partial charge in [-0.25, -0.2) is 4.79 Å². The zero-order valence-corrected chi connectivity index (χ0v) is 9.17. The van der Waals surface area contributed by atoms with Gasteiger partial charge in [0.2, 0.25) is 0 Å². The average molecular weight is 224 g/mol. The Hall–Kier alpha value is -0.970. The third-order valence-electron chi connectivity index (χ3n) is 1.15. The Kier molecular flexibility index (Phi) is 4.70. The fraction of sp³-hybridized carbons (Fsp3) is 0.750. The summed E-state index contributed by atoms with van der Waals surface area (Å²) >= 11 is 5.32. The van der Waals surface area contributed by atoms with Crippen LogP contribution in [0.3, 0.4) is 0 Å². The van der Waals surface area contributed by atoms with Crippen LogP contribution < -0.4 is 0 Å². The molecule has 1 amide bonds. The number of hydrogen-bond donors (Lipinski definition) is 1. The smallest absolute Gasteiger partial charge is 0.408 e. The lowest BCUT2D eigenvalue weighted by Gasteiger charge is -2.22. The van der Waals surface area contributed by atoms with Crippen LogP contribution in [0.5, 0.6) is 0 Å². The van der Waals surface area contributed by atoms with Gasteiger partial charge in [0.25, 0.3) is 0 Å². The number of amides is 1. The molecule has 0 fully saturated rings. The van der Waals surface area contributed by atoms with Gasteiger partial charge in [-0.2, -0.15) is 0 Å². The van der Waals surface area contributed by atoms with E-state index in [1.807, 2.05) is 0 Å². The largest absolute Gasteiger partial charge is 0.465 e. The Labute approximate surface area is 87.6 Å². The van der Waals surface area contributed by atoms with Crippen LogP contribution in [0.4, 0.5) is 4.79 Å². The number of hydrogen-bond acceptors (Lipinski definition) is 3. The Morgan fingerprint density at radius 3 is 2.21 bits per heavy atom. The maximum Gasteiger partial charge on any atom is 0.408 e. The zero-order chi connectivity index (χ0) is 11.4. The minimum absolute atomic E-state index is 0.255. The summed E-state index contributed by atoms with van der Waals surface area (Å²) in [5, 5.41) is 8.55. The van der Waals surface area contributed by atoms with Crippen molar-refractivity contribution < 1.29 is 19.4 Å². The fourth-order valence-corrected chi connectivity index (χ4v) is 0.877. The van der Waals surface area contributed by atoms with Crippen LogP contribution in [0.2, 0.25) is 0 Å². The standard InChI is InChI=1S/C8H14ClNO4/c1-8(2,3)14-6(11)4-10(5-9)7(12)13/h4-5H2,1-3H3,(H,12,13). The Bertz CT molecular complexity index is 224. The van der Waals surface area contributed by atoms with E-state index >= 15 is 0 Å². The van der Waals surface area contributed by atoms with Crippen LogP contribution >= 0.6 is 11.6 Å². The van der Waals surface area contributed by atoms with Crippen LogP contribution in [-0.2, 0) is 9.53 Å². The van der Waals surface area contributed by atoms with Crippen LogP contribution in [0.25, 0.3) is 0 Å². The molecule has 0 saturated heterocycles. The SMILES string of the molecule is CC(C)(C)OC(=O)CN(CCl)C(=O)O. The highest BCUT2D eigenvalue weighted by atomic mass is 35.5. The van der Waals surface area contributed by atoms with Crippen molar-refractivity contribution >= 4 is 23.7 Å². The summed E-state index contributed by atoms with van der Waals surface area (Å²) in [6.07, 6.45) is -1.24. The zero-order valence-electron chi connectivity index (χ0n) is 8.41. The second kappa shape index (κ2) is 5.05. The van der Waals surface area contributed by atoms with Gasteiger partial charge < -0.3 is 9.84 Å². The number of carboxylic acid groups (broad SMARTS) is 1. The molecule has 5 nitrogen and oxygen atoms in total. The van der Waals surface area contributed by atoms with E-state index in [2.05, 4.69) is 0 Å². The van der Waals surface area contributed by atoms with Crippen LogP contribution in [0, 0.1) is 0 Å². The van der Waals surface area contributed by atoms with E-state index in [9.17, 15) is 9.59 Å². The van der Waals surface area contributed by atoms with E-state index in [0.29, 0.717) is 0 Å². The molecule has 0 rings (SSSR count). The molecular formula is C8H14ClNO4. The monoisotopic (exact) mass is 223 g/mol. The van der Waals surface area contributed by atoms with E-state index in [1.54, 1.807) is 20.8 Å². The highest BCUT2D eigenvalue weighted by molar-refractivity contribution is 6.18. The predicted octanol–water partition coefficient (Wildman–Crippen LogP) is 1.50. The van der Waals surface area contributed by atoms with Crippen LogP contribution in [0.1, 0.15) is 20.8 Å². The molecule has 0 aliphatic carbocycles. The van der Waals surface area contributed by atoms with Gasteiger partial charge in [-0.05, 0) is 20.8 Å². The lowest BCUT2D eigenvalue weighted by molar-refractivity contribution is -0.155. The third kappa shape index (κ3) is 5.64. The topological polar surface area (TPSA) is 66.8 Å². The van der Waals surface area contributed by atoms with E-state index in [0.717, 1.165) is 4.90 Å². The summed E-state index contributed by atoms with van der Waals surface area (Å²) in [6.45, 7) is 4.76. The van der Waals surface area contributed by atoms with E-state index in [-0.39, 0.29) is 12.5 Å². The lowest BCUT2D eigenvalue weighted by atomic mass is 10.2. The number of halogens is 1. The molecule has 0 radical (unpaired) electrons. The number of carbonyl (C=O) groups excluding carboxylic acids is 1. The van der Waals surface area contributed by atoms with Crippen molar-refractivity contribution in [3.63, 3.8) is 0 Å². The Balaban J connectivity index is 4.11. The molecular weight excluding hydrogens is 210 g/mol. The molecule has 0 heterocycles. The van der Waals surface area contributed by atoms with Crippen molar-refractivity contribution in [2.45, 2.75) is 26.4 Å². The maximum atomic E-state index is 11.1. The van der Waals surface area contributed by atoms with Gasteiger partial charge >= 0.3 is 12.1 Å². The quantitative estimate of drug-likeness (QED) is 0.447. The van der Waals surface area contributed by atoms with E-state index in [1.165, 1.54) is 0 Å². The number of carbonyl (C=O) groups is 2. The molecule has 14 heavy (non-hydrogen) atoms. The van der Waals surface area contributed by atoms with Crippen LogP contribution in [-0.4, -0.2) is 40.2 Å². The molecule has 0 atom stereocenters. The third-order valence-corrected chi connectivity index (χ3v) is 1.44. The highest BCUT2D eigenvalue weighted by Crippen LogP contribution is 2.07. The summed E-state index contributed by atoms with van der Waals surface area (Å²) in [7, 11) is 0. The molecule has 0 bridgehead atoms. The van der Waals surface area contributed by atoms with Gasteiger partial charge in [0.1, 0.15) is 12.1 Å². The number of alkyl halides is 1. The predicted molar refractivity (Wildman–Crippen MR) is 51.3 cm³/mol. The minimum Gasteiger partial charge on any atom is -0.465 e. The maximum absolute atomic E-state index is 11.1. The molecule has 0 unspecified atom stereocenters. The van der Waals surface area contributed by atoms with Crippen molar-refractivity contribution in [3.8, 4) is 0 Å². The minimum atomic E-state index is -1.24. The molecule has 0 aliphatic heterocycles. The Morgan fingerprint density at radius 2 is 1.93 bits per heavy atom. The number of rotatable bonds is 3.